The van der Waals surface area contributed by atoms with Crippen LogP contribution in [-0.2, 0) is 0 Å². The van der Waals surface area contributed by atoms with Gasteiger partial charge >= 0.3 is 0 Å². The molecule has 18 heavy (non-hydrogen) atoms. The predicted octanol–water partition coefficient (Wildman–Crippen LogP) is 5.26. The van der Waals surface area contributed by atoms with Gasteiger partial charge in [0.25, 0.3) is 0 Å². The molecule has 1 nitrogen and oxygen atoms in total. The molecule has 0 bridgehead atoms. The van der Waals surface area contributed by atoms with Crippen LogP contribution >= 0.6 is 43.2 Å². The molecule has 1 fully saturated rings. The van der Waals surface area contributed by atoms with E-state index in [0.29, 0.717) is 5.92 Å². The molecule has 1 aromatic heterocycles. The van der Waals surface area contributed by atoms with E-state index < -0.39 is 0 Å². The Balaban J connectivity index is 1.79. The summed E-state index contributed by atoms with van der Waals surface area (Å²) in [7, 11) is 0. The molecular formula is C14H10Br2OS. The summed E-state index contributed by atoms with van der Waals surface area (Å²) in [5.41, 5.74) is 2.09. The second kappa shape index (κ2) is 4.91. The molecule has 2 aromatic rings. The van der Waals surface area contributed by atoms with Crippen LogP contribution in [0.4, 0.5) is 0 Å². The van der Waals surface area contributed by atoms with Crippen LogP contribution in [-0.4, -0.2) is 5.78 Å². The van der Waals surface area contributed by atoms with Gasteiger partial charge in [0.1, 0.15) is 0 Å². The van der Waals surface area contributed by atoms with Crippen molar-refractivity contribution in [3.8, 4) is 0 Å². The minimum atomic E-state index is 0.158. The van der Waals surface area contributed by atoms with Gasteiger partial charge in [-0.15, -0.1) is 11.3 Å². The van der Waals surface area contributed by atoms with Gasteiger partial charge in [-0.25, -0.2) is 0 Å². The highest BCUT2D eigenvalue weighted by molar-refractivity contribution is 9.12. The molecule has 2 atom stereocenters. The normalized spacial score (nSPS) is 21.9. The fraction of sp³-hybridized carbons (Fsp3) is 0.214. The van der Waals surface area contributed by atoms with Crippen molar-refractivity contribution in [2.24, 2.45) is 5.92 Å². The van der Waals surface area contributed by atoms with Gasteiger partial charge in [0.15, 0.2) is 5.78 Å². The van der Waals surface area contributed by atoms with Crippen molar-refractivity contribution >= 4 is 49.0 Å². The van der Waals surface area contributed by atoms with E-state index in [2.05, 4.69) is 44.0 Å². The molecular weight excluding hydrogens is 376 g/mol. The summed E-state index contributed by atoms with van der Waals surface area (Å²) in [5, 5.41) is 0. The zero-order valence-corrected chi connectivity index (χ0v) is 13.4. The lowest BCUT2D eigenvalue weighted by Gasteiger charge is -1.99. The number of ketones is 1. The molecule has 92 valence electrons. The van der Waals surface area contributed by atoms with Gasteiger partial charge in [0.2, 0.25) is 0 Å². The molecule has 0 radical (unpaired) electrons. The Bertz CT molecular complexity index is 591. The van der Waals surface area contributed by atoms with Crippen LogP contribution in [0.1, 0.15) is 28.3 Å². The van der Waals surface area contributed by atoms with E-state index in [4.69, 9.17) is 0 Å². The van der Waals surface area contributed by atoms with Gasteiger partial charge in [-0.1, -0.05) is 30.3 Å². The molecule has 1 aliphatic carbocycles. The summed E-state index contributed by atoms with van der Waals surface area (Å²) in [6.45, 7) is 0. The molecule has 0 saturated heterocycles. The van der Waals surface area contributed by atoms with Crippen molar-refractivity contribution in [1.82, 2.24) is 0 Å². The molecule has 1 saturated carbocycles. The first-order chi connectivity index (χ1) is 8.66. The molecule has 3 rings (SSSR count). The van der Waals surface area contributed by atoms with Gasteiger partial charge in [-0.2, -0.15) is 0 Å². The number of halogens is 2. The highest BCUT2D eigenvalue weighted by atomic mass is 79.9. The van der Waals surface area contributed by atoms with Crippen molar-refractivity contribution in [3.63, 3.8) is 0 Å². The zero-order valence-electron chi connectivity index (χ0n) is 9.40. The fourth-order valence-corrected chi connectivity index (χ4v) is 5.08. The van der Waals surface area contributed by atoms with Crippen molar-refractivity contribution in [3.05, 3.63) is 55.1 Å². The van der Waals surface area contributed by atoms with Crippen LogP contribution in [0, 0.1) is 5.92 Å². The number of benzene rings is 1. The summed E-state index contributed by atoms with van der Waals surface area (Å²) in [5.74, 6) is 0.826. The number of hydrogen-bond donors (Lipinski definition) is 0. The average Bonchev–Trinajstić information content (AvgIpc) is 3.10. The first kappa shape index (κ1) is 12.6. The first-order valence-corrected chi connectivity index (χ1v) is 8.11. The topological polar surface area (TPSA) is 17.1 Å². The SMILES string of the molecule is O=C(c1cc(Br)sc1Br)C1CC1c1ccccc1. The van der Waals surface area contributed by atoms with E-state index in [1.54, 1.807) is 11.3 Å². The minimum absolute atomic E-state index is 0.158. The lowest BCUT2D eigenvalue weighted by molar-refractivity contribution is 0.0965. The Morgan fingerprint density at radius 2 is 1.94 bits per heavy atom. The number of carbonyl (C=O) groups excluding carboxylic acids is 1. The largest absolute Gasteiger partial charge is 0.294 e. The van der Waals surface area contributed by atoms with E-state index in [1.165, 1.54) is 5.56 Å². The molecule has 0 spiro atoms. The molecule has 0 N–H and O–H groups in total. The van der Waals surface area contributed by atoms with E-state index in [0.717, 1.165) is 19.6 Å². The second-order valence-electron chi connectivity index (χ2n) is 4.46. The Morgan fingerprint density at radius 1 is 1.22 bits per heavy atom. The van der Waals surface area contributed by atoms with Crippen LogP contribution < -0.4 is 0 Å². The van der Waals surface area contributed by atoms with Gasteiger partial charge in [0.05, 0.1) is 7.57 Å². The first-order valence-electron chi connectivity index (χ1n) is 5.71. The van der Waals surface area contributed by atoms with Gasteiger partial charge in [-0.05, 0) is 55.8 Å². The highest BCUT2D eigenvalue weighted by Gasteiger charge is 2.44. The third kappa shape index (κ3) is 2.33. The number of thiophene rings is 1. The van der Waals surface area contributed by atoms with Gasteiger partial charge in [-0.3, -0.25) is 4.79 Å². The lowest BCUT2D eigenvalue weighted by Crippen LogP contribution is -2.02. The van der Waals surface area contributed by atoms with E-state index >= 15 is 0 Å². The standard InChI is InChI=1S/C14H10Br2OS/c15-12-7-11(14(16)18-12)13(17)10-6-9(10)8-4-2-1-3-5-8/h1-5,7,9-10H,6H2. The van der Waals surface area contributed by atoms with Crippen LogP contribution in [0.5, 0.6) is 0 Å². The van der Waals surface area contributed by atoms with E-state index in [-0.39, 0.29) is 11.7 Å². The predicted molar refractivity (Wildman–Crippen MR) is 81.3 cm³/mol. The number of carbonyl (C=O) groups is 1. The quantitative estimate of drug-likeness (QED) is 0.658. The van der Waals surface area contributed by atoms with Crippen molar-refractivity contribution < 1.29 is 4.79 Å². The molecule has 1 aromatic carbocycles. The Morgan fingerprint density at radius 3 is 2.56 bits per heavy atom. The molecule has 2 unspecified atom stereocenters. The van der Waals surface area contributed by atoms with Crippen LogP contribution in [0.3, 0.4) is 0 Å². The third-order valence-corrected chi connectivity index (χ3v) is 5.62. The van der Waals surface area contributed by atoms with Gasteiger partial charge in [0, 0.05) is 11.5 Å². The molecule has 1 heterocycles. The van der Waals surface area contributed by atoms with Crippen molar-refractivity contribution in [2.75, 3.05) is 0 Å². The summed E-state index contributed by atoms with van der Waals surface area (Å²) in [4.78, 5) is 12.4. The summed E-state index contributed by atoms with van der Waals surface area (Å²) < 4.78 is 1.92. The molecule has 1 aliphatic rings. The van der Waals surface area contributed by atoms with Crippen molar-refractivity contribution in [2.45, 2.75) is 12.3 Å². The highest BCUT2D eigenvalue weighted by Crippen LogP contribution is 2.50. The zero-order chi connectivity index (χ0) is 12.7. The molecule has 0 amide bonds. The lowest BCUT2D eigenvalue weighted by atomic mass is 10.1. The van der Waals surface area contributed by atoms with Crippen molar-refractivity contribution in [1.29, 1.82) is 0 Å². The maximum atomic E-state index is 12.4. The maximum Gasteiger partial charge on any atom is 0.168 e. The number of rotatable bonds is 3. The number of hydrogen-bond acceptors (Lipinski definition) is 2. The Kier molecular flexibility index (Phi) is 3.43. The fourth-order valence-electron chi connectivity index (χ4n) is 2.26. The monoisotopic (exact) mass is 384 g/mol. The van der Waals surface area contributed by atoms with Crippen LogP contribution in [0.15, 0.2) is 44.0 Å². The third-order valence-electron chi connectivity index (χ3n) is 3.28. The molecule has 4 heteroatoms. The summed E-state index contributed by atoms with van der Waals surface area (Å²) >= 11 is 8.43. The van der Waals surface area contributed by atoms with Gasteiger partial charge < -0.3 is 0 Å². The summed E-state index contributed by atoms with van der Waals surface area (Å²) in [6.07, 6.45) is 0.975. The molecule has 0 aliphatic heterocycles. The second-order valence-corrected chi connectivity index (χ2v) is 8.21. The summed E-state index contributed by atoms with van der Waals surface area (Å²) in [6, 6.07) is 12.2. The van der Waals surface area contributed by atoms with Crippen LogP contribution in [0.2, 0.25) is 0 Å². The average molecular weight is 386 g/mol. The maximum absolute atomic E-state index is 12.4. The van der Waals surface area contributed by atoms with E-state index in [1.807, 2.05) is 24.3 Å². The Labute approximate surface area is 126 Å². The van der Waals surface area contributed by atoms with Crippen LogP contribution in [0.25, 0.3) is 0 Å². The Hall–Kier alpha value is -0.450. The smallest absolute Gasteiger partial charge is 0.168 e. The number of Topliss-reactive ketones (excluding diaryl/α,β-unsaturated/α-hetero) is 1. The minimum Gasteiger partial charge on any atom is -0.294 e. The van der Waals surface area contributed by atoms with E-state index in [9.17, 15) is 4.79 Å².